The average molecular weight is 399 g/mol. The lowest BCUT2D eigenvalue weighted by molar-refractivity contribution is -0.126. The summed E-state index contributed by atoms with van der Waals surface area (Å²) in [6, 6.07) is -0.0557. The van der Waals surface area contributed by atoms with Gasteiger partial charge in [-0.15, -0.1) is 0 Å². The van der Waals surface area contributed by atoms with E-state index in [1.807, 2.05) is 20.0 Å². The third-order valence-electron chi connectivity index (χ3n) is 6.93. The van der Waals surface area contributed by atoms with Crippen LogP contribution in [0.5, 0.6) is 0 Å². The summed E-state index contributed by atoms with van der Waals surface area (Å²) in [5.74, 6) is 1.61. The van der Waals surface area contributed by atoms with Crippen molar-refractivity contribution in [2.75, 3.05) is 32.8 Å². The zero-order chi connectivity index (χ0) is 20.1. The molecular weight excluding hydrogens is 368 g/mol. The number of nitrogens with one attached hydrogen (secondary N) is 2. The molecule has 5 rings (SSSR count). The maximum absolute atomic E-state index is 13.1. The Morgan fingerprint density at radius 2 is 2.31 bits per heavy atom. The van der Waals surface area contributed by atoms with E-state index in [1.54, 1.807) is 12.5 Å². The predicted molar refractivity (Wildman–Crippen MR) is 107 cm³/mol. The van der Waals surface area contributed by atoms with E-state index in [0.29, 0.717) is 5.92 Å². The Morgan fingerprint density at radius 1 is 1.45 bits per heavy atom. The molecule has 2 fully saturated rings. The quantitative estimate of drug-likeness (QED) is 0.798. The van der Waals surface area contributed by atoms with Gasteiger partial charge in [-0.3, -0.25) is 9.69 Å². The number of ether oxygens (including phenoxy) is 1. The number of carbonyl (C=O) groups excluding carboxylic acids is 1. The minimum absolute atomic E-state index is 0.00566. The van der Waals surface area contributed by atoms with E-state index < -0.39 is 5.41 Å². The molecule has 0 aliphatic carbocycles. The van der Waals surface area contributed by atoms with Crippen LogP contribution < -0.4 is 5.32 Å². The molecular formula is C21H30N6O2. The van der Waals surface area contributed by atoms with Gasteiger partial charge in [0.2, 0.25) is 5.91 Å². The standard InChI is InChI=1S/C21H30N6O2/c1-20(2,17-9-22-14-24-17)19(28)25-16-8-21(27-6-5-23-18(16)27)12-26(13-21)10-15-4-3-7-29-11-15/h5-6,9,14-16H,3-4,7-8,10-13H2,1-2H3,(H,22,24)(H,25,28). The number of rotatable bonds is 5. The van der Waals surface area contributed by atoms with Gasteiger partial charge < -0.3 is 19.6 Å². The van der Waals surface area contributed by atoms with Crippen LogP contribution in [0.15, 0.2) is 24.9 Å². The van der Waals surface area contributed by atoms with Crippen molar-refractivity contribution >= 4 is 5.91 Å². The van der Waals surface area contributed by atoms with Gasteiger partial charge >= 0.3 is 0 Å². The van der Waals surface area contributed by atoms with E-state index >= 15 is 0 Å². The second-order valence-corrected chi connectivity index (χ2v) is 9.45. The second kappa shape index (κ2) is 6.95. The van der Waals surface area contributed by atoms with Crippen LogP contribution in [0.4, 0.5) is 0 Å². The molecule has 1 amide bonds. The van der Waals surface area contributed by atoms with E-state index in [2.05, 4.69) is 35.9 Å². The van der Waals surface area contributed by atoms with Crippen LogP contribution in [0.3, 0.4) is 0 Å². The van der Waals surface area contributed by atoms with Gasteiger partial charge in [0, 0.05) is 56.9 Å². The number of nitrogens with zero attached hydrogens (tertiary/aromatic N) is 4. The van der Waals surface area contributed by atoms with Gasteiger partial charge in [-0.05, 0) is 32.6 Å². The van der Waals surface area contributed by atoms with Crippen molar-refractivity contribution in [1.82, 2.24) is 29.7 Å². The summed E-state index contributed by atoms with van der Waals surface area (Å²) < 4.78 is 7.94. The van der Waals surface area contributed by atoms with Crippen LogP contribution in [0, 0.1) is 5.92 Å². The summed E-state index contributed by atoms with van der Waals surface area (Å²) in [5, 5.41) is 3.26. The van der Waals surface area contributed by atoms with Crippen LogP contribution in [-0.2, 0) is 20.5 Å². The fourth-order valence-corrected chi connectivity index (χ4v) is 5.23. The number of likely N-dealkylation sites (tertiary alicyclic amines) is 1. The van der Waals surface area contributed by atoms with Crippen LogP contribution in [0.2, 0.25) is 0 Å². The lowest BCUT2D eigenvalue weighted by Crippen LogP contribution is -2.62. The normalized spacial score (nSPS) is 26.3. The molecule has 0 aromatic carbocycles. The number of aromatic nitrogens is 4. The summed E-state index contributed by atoms with van der Waals surface area (Å²) >= 11 is 0. The number of fused-ring (bicyclic) bond motifs is 2. The first-order valence-corrected chi connectivity index (χ1v) is 10.6. The Balaban J connectivity index is 1.25. The molecule has 0 saturated carbocycles. The molecule has 8 heteroatoms. The molecule has 0 radical (unpaired) electrons. The molecule has 156 valence electrons. The first-order valence-electron chi connectivity index (χ1n) is 10.6. The van der Waals surface area contributed by atoms with Crippen molar-refractivity contribution in [3.63, 3.8) is 0 Å². The molecule has 3 aliphatic rings. The maximum atomic E-state index is 13.1. The van der Waals surface area contributed by atoms with E-state index in [9.17, 15) is 4.79 Å². The predicted octanol–water partition coefficient (Wildman–Crippen LogP) is 1.58. The van der Waals surface area contributed by atoms with Crippen LogP contribution >= 0.6 is 0 Å². The minimum atomic E-state index is -0.670. The van der Waals surface area contributed by atoms with Crippen LogP contribution in [0.1, 0.15) is 50.7 Å². The first kappa shape index (κ1) is 18.8. The molecule has 2 N–H and O–H groups in total. The highest BCUT2D eigenvalue weighted by Crippen LogP contribution is 2.45. The SMILES string of the molecule is CC(C)(C(=O)NC1CC2(CN(CC3CCCOC3)C2)n2ccnc21)c1cnc[nH]1. The summed E-state index contributed by atoms with van der Waals surface area (Å²) in [6.45, 7) is 8.78. The van der Waals surface area contributed by atoms with Gasteiger partial charge in [0.25, 0.3) is 0 Å². The Labute approximate surface area is 171 Å². The third-order valence-corrected chi connectivity index (χ3v) is 6.93. The zero-order valence-corrected chi connectivity index (χ0v) is 17.2. The first-order chi connectivity index (χ1) is 14.0. The summed E-state index contributed by atoms with van der Waals surface area (Å²) in [4.78, 5) is 27.3. The number of hydrogen-bond donors (Lipinski definition) is 2. The Hall–Kier alpha value is -2.19. The van der Waals surface area contributed by atoms with Gasteiger partial charge in [0.05, 0.1) is 29.9 Å². The van der Waals surface area contributed by atoms with E-state index in [0.717, 1.165) is 50.8 Å². The van der Waals surface area contributed by atoms with Crippen LogP contribution in [0.25, 0.3) is 0 Å². The Bertz CT molecular complexity index is 862. The molecule has 1 spiro atoms. The number of amides is 1. The number of H-pyrrole nitrogens is 1. The monoisotopic (exact) mass is 398 g/mol. The number of imidazole rings is 2. The van der Waals surface area contributed by atoms with Gasteiger partial charge in [-0.1, -0.05) is 0 Å². The van der Waals surface area contributed by atoms with Crippen LogP contribution in [-0.4, -0.2) is 63.2 Å². The highest BCUT2D eigenvalue weighted by Gasteiger charge is 2.53. The van der Waals surface area contributed by atoms with E-state index in [4.69, 9.17) is 4.74 Å². The van der Waals surface area contributed by atoms with Crippen molar-refractivity contribution in [3.8, 4) is 0 Å². The van der Waals surface area contributed by atoms with Gasteiger partial charge in [-0.25, -0.2) is 9.97 Å². The molecule has 2 atom stereocenters. The zero-order valence-electron chi connectivity index (χ0n) is 17.2. The average Bonchev–Trinajstić information content (AvgIpc) is 3.41. The maximum Gasteiger partial charge on any atom is 0.232 e. The summed E-state index contributed by atoms with van der Waals surface area (Å²) in [5.41, 5.74) is 0.198. The van der Waals surface area contributed by atoms with Gasteiger partial charge in [0.1, 0.15) is 5.82 Å². The largest absolute Gasteiger partial charge is 0.381 e. The minimum Gasteiger partial charge on any atom is -0.381 e. The van der Waals surface area contributed by atoms with Crippen molar-refractivity contribution in [1.29, 1.82) is 0 Å². The van der Waals surface area contributed by atoms with E-state index in [-0.39, 0.29) is 17.5 Å². The van der Waals surface area contributed by atoms with Crippen molar-refractivity contribution in [3.05, 3.63) is 36.4 Å². The molecule has 2 saturated heterocycles. The molecule has 2 unspecified atom stereocenters. The number of carbonyl (C=O) groups is 1. The molecule has 29 heavy (non-hydrogen) atoms. The molecule has 5 heterocycles. The van der Waals surface area contributed by atoms with Crippen molar-refractivity contribution < 1.29 is 9.53 Å². The van der Waals surface area contributed by atoms with E-state index in [1.165, 1.54) is 12.8 Å². The van der Waals surface area contributed by atoms with Crippen molar-refractivity contribution in [2.45, 2.75) is 50.1 Å². The topological polar surface area (TPSA) is 88.1 Å². The lowest BCUT2D eigenvalue weighted by atomic mass is 9.84. The van der Waals surface area contributed by atoms with Gasteiger partial charge in [0.15, 0.2) is 0 Å². The highest BCUT2D eigenvalue weighted by molar-refractivity contribution is 5.87. The molecule has 8 nitrogen and oxygen atoms in total. The highest BCUT2D eigenvalue weighted by atomic mass is 16.5. The molecule has 2 aromatic rings. The fourth-order valence-electron chi connectivity index (χ4n) is 5.23. The molecule has 2 aromatic heterocycles. The Kier molecular flexibility index (Phi) is 4.51. The number of hydrogen-bond acceptors (Lipinski definition) is 5. The second-order valence-electron chi connectivity index (χ2n) is 9.45. The third kappa shape index (κ3) is 3.18. The molecule has 3 aliphatic heterocycles. The Morgan fingerprint density at radius 3 is 3.03 bits per heavy atom. The summed E-state index contributed by atoms with van der Waals surface area (Å²) in [6.07, 6.45) is 10.6. The fraction of sp³-hybridized carbons (Fsp3) is 0.667. The lowest BCUT2D eigenvalue weighted by Gasteiger charge is -2.50. The molecule has 0 bridgehead atoms. The van der Waals surface area contributed by atoms with Crippen molar-refractivity contribution in [2.24, 2.45) is 5.92 Å². The summed E-state index contributed by atoms with van der Waals surface area (Å²) in [7, 11) is 0. The number of aromatic amines is 1. The smallest absolute Gasteiger partial charge is 0.232 e. The van der Waals surface area contributed by atoms with Gasteiger partial charge in [-0.2, -0.15) is 0 Å².